The molecule has 3 aromatic carbocycles. The van der Waals surface area contributed by atoms with E-state index >= 15 is 0 Å². The summed E-state index contributed by atoms with van der Waals surface area (Å²) in [6, 6.07) is 22.0. The van der Waals surface area contributed by atoms with E-state index in [2.05, 4.69) is 21.2 Å². The summed E-state index contributed by atoms with van der Waals surface area (Å²) in [6.07, 6.45) is 1.07. The summed E-state index contributed by atoms with van der Waals surface area (Å²) in [7, 11) is -3.71. The molecule has 0 aliphatic rings. The molecule has 3 rings (SSSR count). The number of hydrogen-bond donors (Lipinski definition) is 1. The summed E-state index contributed by atoms with van der Waals surface area (Å²) in [6.45, 7) is 1.54. The molecule has 0 saturated carbocycles. The lowest BCUT2D eigenvalue weighted by Gasteiger charge is -2.28. The first kappa shape index (κ1) is 21.9. The standard InChI is InChI=1S/C22H21BrN2O4S/c1-16(22(26)24-18-8-6-7-17(23)15-18)25(30(2,27)28)19-11-13-21(14-12-19)29-20-9-4-3-5-10-20/h3-16H,1-2H3,(H,24,26). The third kappa shape index (κ3) is 5.61. The first-order valence-corrected chi connectivity index (χ1v) is 11.8. The summed E-state index contributed by atoms with van der Waals surface area (Å²) in [5.74, 6) is 0.791. The molecule has 0 fully saturated rings. The number of rotatable bonds is 7. The van der Waals surface area contributed by atoms with Crippen LogP contribution in [0.5, 0.6) is 11.5 Å². The lowest BCUT2D eigenvalue weighted by molar-refractivity contribution is -0.116. The number of nitrogens with zero attached hydrogens (tertiary/aromatic N) is 1. The van der Waals surface area contributed by atoms with Crippen LogP contribution in [0, 0.1) is 0 Å². The van der Waals surface area contributed by atoms with E-state index in [0.29, 0.717) is 22.9 Å². The van der Waals surface area contributed by atoms with Gasteiger partial charge < -0.3 is 10.1 Å². The van der Waals surface area contributed by atoms with E-state index in [4.69, 9.17) is 4.74 Å². The second-order valence-corrected chi connectivity index (χ2v) is 9.42. The maximum Gasteiger partial charge on any atom is 0.247 e. The van der Waals surface area contributed by atoms with Crippen LogP contribution in [0.25, 0.3) is 0 Å². The average Bonchev–Trinajstić information content (AvgIpc) is 2.69. The van der Waals surface area contributed by atoms with Crippen molar-refractivity contribution in [3.05, 3.63) is 83.3 Å². The van der Waals surface area contributed by atoms with Gasteiger partial charge in [-0.3, -0.25) is 9.10 Å². The topological polar surface area (TPSA) is 75.7 Å². The van der Waals surface area contributed by atoms with Gasteiger partial charge in [0, 0.05) is 10.2 Å². The number of amides is 1. The van der Waals surface area contributed by atoms with Crippen molar-refractivity contribution in [2.45, 2.75) is 13.0 Å². The second-order valence-electron chi connectivity index (χ2n) is 6.64. The Kier molecular flexibility index (Phi) is 6.79. The zero-order valence-electron chi connectivity index (χ0n) is 16.4. The molecule has 0 saturated heterocycles. The van der Waals surface area contributed by atoms with Crippen LogP contribution in [-0.4, -0.2) is 26.6 Å². The van der Waals surface area contributed by atoms with Gasteiger partial charge in [0.1, 0.15) is 17.5 Å². The predicted molar refractivity (Wildman–Crippen MR) is 123 cm³/mol. The van der Waals surface area contributed by atoms with E-state index in [1.807, 2.05) is 36.4 Å². The predicted octanol–water partition coefficient (Wildman–Crippen LogP) is 5.03. The highest BCUT2D eigenvalue weighted by Crippen LogP contribution is 2.27. The molecule has 0 heterocycles. The lowest BCUT2D eigenvalue weighted by Crippen LogP contribution is -2.45. The van der Waals surface area contributed by atoms with E-state index in [0.717, 1.165) is 15.0 Å². The molecule has 0 radical (unpaired) electrons. The highest BCUT2D eigenvalue weighted by atomic mass is 79.9. The van der Waals surface area contributed by atoms with Gasteiger partial charge in [0.2, 0.25) is 15.9 Å². The molecule has 1 N–H and O–H groups in total. The summed E-state index contributed by atoms with van der Waals surface area (Å²) < 4.78 is 32.6. The molecular formula is C22H21BrN2O4S. The summed E-state index contributed by atoms with van der Waals surface area (Å²) >= 11 is 3.35. The number of para-hydroxylation sites is 1. The zero-order valence-corrected chi connectivity index (χ0v) is 18.9. The minimum absolute atomic E-state index is 0.370. The third-order valence-electron chi connectivity index (χ3n) is 4.25. The SMILES string of the molecule is CC(C(=O)Nc1cccc(Br)c1)N(c1ccc(Oc2ccccc2)cc1)S(C)(=O)=O. The molecule has 3 aromatic rings. The highest BCUT2D eigenvalue weighted by Gasteiger charge is 2.29. The monoisotopic (exact) mass is 488 g/mol. The van der Waals surface area contributed by atoms with Crippen LogP contribution in [0.3, 0.4) is 0 Å². The van der Waals surface area contributed by atoms with Crippen LogP contribution in [0.4, 0.5) is 11.4 Å². The Hall–Kier alpha value is -2.84. The van der Waals surface area contributed by atoms with Crippen molar-refractivity contribution in [2.24, 2.45) is 0 Å². The molecule has 1 unspecified atom stereocenters. The van der Waals surface area contributed by atoms with Crippen molar-refractivity contribution >= 4 is 43.2 Å². The number of halogens is 1. The number of sulfonamides is 1. The number of hydrogen-bond acceptors (Lipinski definition) is 4. The number of nitrogens with one attached hydrogen (secondary N) is 1. The zero-order chi connectivity index (χ0) is 21.7. The first-order chi connectivity index (χ1) is 14.2. The molecule has 0 bridgehead atoms. The summed E-state index contributed by atoms with van der Waals surface area (Å²) in [5.41, 5.74) is 0.941. The fraction of sp³-hybridized carbons (Fsp3) is 0.136. The van der Waals surface area contributed by atoms with Crippen LogP contribution in [-0.2, 0) is 14.8 Å². The van der Waals surface area contributed by atoms with E-state index in [9.17, 15) is 13.2 Å². The van der Waals surface area contributed by atoms with Gasteiger partial charge in [-0.1, -0.05) is 40.2 Å². The van der Waals surface area contributed by atoms with Gasteiger partial charge in [-0.05, 0) is 61.5 Å². The van der Waals surface area contributed by atoms with Crippen molar-refractivity contribution in [1.29, 1.82) is 0 Å². The Labute approximate surface area is 184 Å². The summed E-state index contributed by atoms with van der Waals surface area (Å²) in [5, 5.41) is 2.75. The average molecular weight is 489 g/mol. The molecule has 1 atom stereocenters. The van der Waals surface area contributed by atoms with Crippen molar-refractivity contribution in [3.63, 3.8) is 0 Å². The molecule has 8 heteroatoms. The summed E-state index contributed by atoms with van der Waals surface area (Å²) in [4.78, 5) is 12.7. The largest absolute Gasteiger partial charge is 0.457 e. The molecular weight excluding hydrogens is 468 g/mol. The normalized spacial score (nSPS) is 12.1. The maximum atomic E-state index is 12.7. The Morgan fingerprint density at radius 3 is 2.20 bits per heavy atom. The molecule has 30 heavy (non-hydrogen) atoms. The Morgan fingerprint density at radius 2 is 1.60 bits per heavy atom. The molecule has 0 aromatic heterocycles. The molecule has 6 nitrogen and oxygen atoms in total. The van der Waals surface area contributed by atoms with Gasteiger partial charge in [-0.25, -0.2) is 8.42 Å². The number of anilines is 2. The van der Waals surface area contributed by atoms with E-state index in [1.165, 1.54) is 0 Å². The van der Waals surface area contributed by atoms with Crippen molar-refractivity contribution in [1.82, 2.24) is 0 Å². The molecule has 0 aliphatic carbocycles. The van der Waals surface area contributed by atoms with Gasteiger partial charge in [0.05, 0.1) is 11.9 Å². The van der Waals surface area contributed by atoms with Crippen molar-refractivity contribution < 1.29 is 17.9 Å². The van der Waals surface area contributed by atoms with Gasteiger partial charge in [-0.2, -0.15) is 0 Å². The minimum Gasteiger partial charge on any atom is -0.457 e. The Balaban J connectivity index is 1.80. The van der Waals surface area contributed by atoms with E-state index in [1.54, 1.807) is 49.4 Å². The number of carbonyl (C=O) groups excluding carboxylic acids is 1. The molecule has 156 valence electrons. The molecule has 0 spiro atoms. The highest BCUT2D eigenvalue weighted by molar-refractivity contribution is 9.10. The first-order valence-electron chi connectivity index (χ1n) is 9.13. The van der Waals surface area contributed by atoms with Gasteiger partial charge in [0.15, 0.2) is 0 Å². The van der Waals surface area contributed by atoms with Crippen LogP contribution in [0.1, 0.15) is 6.92 Å². The Morgan fingerprint density at radius 1 is 0.967 bits per heavy atom. The van der Waals surface area contributed by atoms with Gasteiger partial charge in [-0.15, -0.1) is 0 Å². The molecule has 1 amide bonds. The Bertz CT molecular complexity index is 1120. The fourth-order valence-corrected chi connectivity index (χ4v) is 4.48. The van der Waals surface area contributed by atoms with Gasteiger partial charge >= 0.3 is 0 Å². The quantitative estimate of drug-likeness (QED) is 0.505. The van der Waals surface area contributed by atoms with Crippen molar-refractivity contribution in [2.75, 3.05) is 15.9 Å². The third-order valence-corrected chi connectivity index (χ3v) is 5.99. The maximum absolute atomic E-state index is 12.7. The van der Waals surface area contributed by atoms with Crippen LogP contribution < -0.4 is 14.4 Å². The van der Waals surface area contributed by atoms with E-state index in [-0.39, 0.29) is 0 Å². The lowest BCUT2D eigenvalue weighted by atomic mass is 10.2. The minimum atomic E-state index is -3.71. The number of ether oxygens (including phenoxy) is 1. The smallest absolute Gasteiger partial charge is 0.247 e. The van der Waals surface area contributed by atoms with E-state index < -0.39 is 22.0 Å². The van der Waals surface area contributed by atoms with Crippen LogP contribution in [0.15, 0.2) is 83.3 Å². The fourth-order valence-electron chi connectivity index (χ4n) is 2.91. The van der Waals surface area contributed by atoms with Gasteiger partial charge in [0.25, 0.3) is 0 Å². The van der Waals surface area contributed by atoms with Crippen LogP contribution in [0.2, 0.25) is 0 Å². The van der Waals surface area contributed by atoms with Crippen LogP contribution >= 0.6 is 15.9 Å². The van der Waals surface area contributed by atoms with Crippen molar-refractivity contribution in [3.8, 4) is 11.5 Å². The molecule has 0 aliphatic heterocycles. The number of carbonyl (C=O) groups is 1. The number of benzene rings is 3. The second kappa shape index (κ2) is 9.32.